The lowest BCUT2D eigenvalue weighted by Gasteiger charge is -2.27. The highest BCUT2D eigenvalue weighted by molar-refractivity contribution is 6.99. The second-order valence-electron chi connectivity index (χ2n) is 8.00. The van der Waals surface area contributed by atoms with Gasteiger partial charge in [-0.1, -0.05) is 19.8 Å². The van der Waals surface area contributed by atoms with E-state index in [0.29, 0.717) is 32.1 Å². The number of hydrogen-bond acceptors (Lipinski definition) is 9. The molecule has 0 unspecified atom stereocenters. The second kappa shape index (κ2) is 11.5. The number of aromatic nitrogens is 2. The minimum atomic E-state index is -0.382. The van der Waals surface area contributed by atoms with Gasteiger partial charge >= 0.3 is 5.97 Å². The van der Waals surface area contributed by atoms with Gasteiger partial charge in [-0.25, -0.2) is 0 Å². The molecule has 1 aromatic rings. The van der Waals surface area contributed by atoms with Crippen LogP contribution in [0.2, 0.25) is 0 Å². The summed E-state index contributed by atoms with van der Waals surface area (Å²) in [5.74, 6) is 1.06. The summed E-state index contributed by atoms with van der Waals surface area (Å²) >= 11 is 1.13. The summed E-state index contributed by atoms with van der Waals surface area (Å²) in [6.07, 6.45) is 3.02. The zero-order valence-corrected chi connectivity index (χ0v) is 18.3. The van der Waals surface area contributed by atoms with Gasteiger partial charge in [0.05, 0.1) is 24.9 Å². The third-order valence-corrected chi connectivity index (χ3v) is 4.80. The van der Waals surface area contributed by atoms with Crippen LogP contribution in [0.25, 0.3) is 0 Å². The van der Waals surface area contributed by atoms with E-state index >= 15 is 0 Å². The van der Waals surface area contributed by atoms with E-state index in [-0.39, 0.29) is 24.2 Å². The molecule has 160 valence electrons. The molecule has 1 saturated heterocycles. The van der Waals surface area contributed by atoms with Gasteiger partial charge in [0.2, 0.25) is 5.82 Å². The maximum atomic E-state index is 12.2. The number of hydrogen-bond donors (Lipinski definition) is 1. The highest BCUT2D eigenvalue weighted by Gasteiger charge is 2.23. The molecule has 8 nitrogen and oxygen atoms in total. The van der Waals surface area contributed by atoms with Gasteiger partial charge in [0.1, 0.15) is 12.7 Å². The van der Waals surface area contributed by atoms with Gasteiger partial charge in [0, 0.05) is 31.6 Å². The van der Waals surface area contributed by atoms with Crippen LogP contribution in [0.5, 0.6) is 5.88 Å². The van der Waals surface area contributed by atoms with Crippen molar-refractivity contribution in [1.29, 1.82) is 0 Å². The average molecular weight is 415 g/mol. The van der Waals surface area contributed by atoms with Gasteiger partial charge in [0.25, 0.3) is 5.88 Å². The molecule has 0 aliphatic carbocycles. The minimum absolute atomic E-state index is 0.0754. The molecule has 0 amide bonds. The van der Waals surface area contributed by atoms with Crippen LogP contribution in [0.15, 0.2) is 0 Å². The molecule has 9 heteroatoms. The average Bonchev–Trinajstić information content (AvgIpc) is 3.13. The molecule has 28 heavy (non-hydrogen) atoms. The number of nitrogens with zero attached hydrogens (tertiary/aromatic N) is 3. The Labute approximate surface area is 172 Å². The Morgan fingerprint density at radius 2 is 2.04 bits per heavy atom. The molecule has 0 spiro atoms. The zero-order chi connectivity index (χ0) is 20.4. The molecule has 0 radical (unpaired) electrons. The lowest BCUT2D eigenvalue weighted by molar-refractivity contribution is -0.150. The van der Waals surface area contributed by atoms with Crippen molar-refractivity contribution < 1.29 is 19.0 Å². The lowest BCUT2D eigenvalue weighted by atomic mass is 10.1. The molecule has 1 N–H and O–H groups in total. The van der Waals surface area contributed by atoms with Crippen molar-refractivity contribution in [2.45, 2.75) is 65.0 Å². The van der Waals surface area contributed by atoms with Crippen LogP contribution in [0.1, 0.15) is 53.4 Å². The van der Waals surface area contributed by atoms with E-state index in [1.165, 1.54) is 0 Å². The Hall–Kier alpha value is -1.45. The molecule has 1 fully saturated rings. The van der Waals surface area contributed by atoms with E-state index in [2.05, 4.69) is 46.7 Å². The van der Waals surface area contributed by atoms with E-state index in [1.807, 2.05) is 0 Å². The summed E-state index contributed by atoms with van der Waals surface area (Å²) in [6.45, 7) is 12.0. The van der Waals surface area contributed by atoms with E-state index in [9.17, 15) is 4.79 Å². The molecule has 0 bridgehead atoms. The second-order valence-corrected chi connectivity index (χ2v) is 8.53. The first-order valence-corrected chi connectivity index (χ1v) is 10.8. The predicted molar refractivity (Wildman–Crippen MR) is 110 cm³/mol. The van der Waals surface area contributed by atoms with Crippen LogP contribution in [0.4, 0.5) is 5.82 Å². The number of carbonyl (C=O) groups excluding carboxylic acids is 1. The van der Waals surface area contributed by atoms with Gasteiger partial charge in [-0.05, 0) is 27.2 Å². The Bertz CT molecular complexity index is 585. The van der Waals surface area contributed by atoms with Crippen LogP contribution >= 0.6 is 11.7 Å². The van der Waals surface area contributed by atoms with E-state index < -0.39 is 0 Å². The SMILES string of the molecule is CCCCCC(=O)O[C@@H](CNC(C)(C)C)COc1nsnc1N1CCOCC1. The van der Waals surface area contributed by atoms with Gasteiger partial charge in [-0.3, -0.25) is 4.79 Å². The summed E-state index contributed by atoms with van der Waals surface area (Å²) in [5.41, 5.74) is -0.0754. The van der Waals surface area contributed by atoms with Gasteiger partial charge < -0.3 is 24.4 Å². The van der Waals surface area contributed by atoms with E-state index in [1.54, 1.807) is 0 Å². The summed E-state index contributed by atoms with van der Waals surface area (Å²) in [4.78, 5) is 14.3. The van der Waals surface area contributed by atoms with E-state index in [4.69, 9.17) is 14.2 Å². The fourth-order valence-corrected chi connectivity index (χ4v) is 3.25. The van der Waals surface area contributed by atoms with Crippen LogP contribution in [-0.4, -0.2) is 65.8 Å². The summed E-state index contributed by atoms with van der Waals surface area (Å²) in [7, 11) is 0. The third-order valence-electron chi connectivity index (χ3n) is 4.30. The third kappa shape index (κ3) is 8.28. The van der Waals surface area contributed by atoms with Crippen LogP contribution in [0, 0.1) is 0 Å². The Morgan fingerprint density at radius 1 is 1.29 bits per heavy atom. The maximum absolute atomic E-state index is 12.2. The first kappa shape index (κ1) is 22.8. The zero-order valence-electron chi connectivity index (χ0n) is 17.5. The highest BCUT2D eigenvalue weighted by atomic mass is 32.1. The lowest BCUT2D eigenvalue weighted by Crippen LogP contribution is -2.44. The fraction of sp³-hybridized carbons (Fsp3) is 0.842. The molecule has 0 saturated carbocycles. The van der Waals surface area contributed by atoms with Gasteiger partial charge in [0.15, 0.2) is 0 Å². The molecule has 1 aromatic heterocycles. The van der Waals surface area contributed by atoms with Crippen molar-refractivity contribution in [3.8, 4) is 5.88 Å². The van der Waals surface area contributed by atoms with Crippen molar-refractivity contribution in [3.63, 3.8) is 0 Å². The molecule has 2 rings (SSSR count). The van der Waals surface area contributed by atoms with Crippen molar-refractivity contribution in [2.24, 2.45) is 0 Å². The van der Waals surface area contributed by atoms with Crippen LogP contribution in [0.3, 0.4) is 0 Å². The van der Waals surface area contributed by atoms with Gasteiger partial charge in [-0.2, -0.15) is 4.37 Å². The number of ether oxygens (including phenoxy) is 3. The number of anilines is 1. The van der Waals surface area contributed by atoms with Crippen LogP contribution < -0.4 is 15.0 Å². The Kier molecular flexibility index (Phi) is 9.40. The molecule has 1 aliphatic rings. The molecule has 1 atom stereocenters. The van der Waals surface area contributed by atoms with Gasteiger partial charge in [-0.15, -0.1) is 4.37 Å². The number of carbonyl (C=O) groups is 1. The minimum Gasteiger partial charge on any atom is -0.470 e. The standard InChI is InChI=1S/C19H34N4O4S/c1-5-6-7-8-16(24)27-15(13-20-19(2,3)4)14-26-18-17(21-28-22-18)23-9-11-25-12-10-23/h15,20H,5-14H2,1-4H3/t15-/m0/s1. The number of rotatable bonds is 11. The predicted octanol–water partition coefficient (Wildman–Crippen LogP) is 2.63. The number of nitrogens with one attached hydrogen (secondary N) is 1. The van der Waals surface area contributed by atoms with E-state index in [0.717, 1.165) is 49.9 Å². The smallest absolute Gasteiger partial charge is 0.306 e. The number of esters is 1. The number of unbranched alkanes of at least 4 members (excludes halogenated alkanes) is 2. The summed E-state index contributed by atoms with van der Waals surface area (Å²) < 4.78 is 25.6. The fourth-order valence-electron chi connectivity index (χ4n) is 2.73. The topological polar surface area (TPSA) is 85.8 Å². The highest BCUT2D eigenvalue weighted by Crippen LogP contribution is 2.26. The van der Waals surface area contributed by atoms with Crippen molar-refractivity contribution in [3.05, 3.63) is 0 Å². The Balaban J connectivity index is 1.92. The monoisotopic (exact) mass is 414 g/mol. The number of morpholine rings is 1. The molecule has 0 aromatic carbocycles. The maximum Gasteiger partial charge on any atom is 0.306 e. The van der Waals surface area contributed by atoms with Crippen molar-refractivity contribution in [1.82, 2.24) is 14.1 Å². The summed E-state index contributed by atoms with van der Waals surface area (Å²) in [5, 5.41) is 3.39. The first-order valence-electron chi connectivity index (χ1n) is 10.1. The van der Waals surface area contributed by atoms with Crippen molar-refractivity contribution >= 4 is 23.5 Å². The Morgan fingerprint density at radius 3 is 2.71 bits per heavy atom. The molecular weight excluding hydrogens is 380 g/mol. The largest absolute Gasteiger partial charge is 0.470 e. The molecular formula is C19H34N4O4S. The normalized spacial score (nSPS) is 16.1. The van der Waals surface area contributed by atoms with Crippen LogP contribution in [-0.2, 0) is 14.3 Å². The first-order chi connectivity index (χ1) is 13.4. The quantitative estimate of drug-likeness (QED) is 0.437. The molecule has 1 aliphatic heterocycles. The molecule has 2 heterocycles. The summed E-state index contributed by atoms with van der Waals surface area (Å²) in [6, 6.07) is 0. The van der Waals surface area contributed by atoms with Crippen molar-refractivity contribution in [2.75, 3.05) is 44.4 Å².